The molecule has 4 atom stereocenters. The van der Waals surface area contributed by atoms with E-state index in [0.717, 1.165) is 32.1 Å². The van der Waals surface area contributed by atoms with Gasteiger partial charge in [0.1, 0.15) is 0 Å². The van der Waals surface area contributed by atoms with Crippen molar-refractivity contribution >= 4 is 5.97 Å². The lowest BCUT2D eigenvalue weighted by molar-refractivity contribution is -0.146. The molecule has 0 aromatic rings. The third-order valence-corrected chi connectivity index (χ3v) is 4.05. The Morgan fingerprint density at radius 2 is 2.00 bits per heavy atom. The topological polar surface area (TPSA) is 77.8 Å². The SMILES string of the molecule is CCCCCC(O)CCC1CCC(O)C1C(=O)O. The van der Waals surface area contributed by atoms with Gasteiger partial charge < -0.3 is 15.3 Å². The second-order valence-electron chi connectivity index (χ2n) is 5.50. The number of hydrogen-bond acceptors (Lipinski definition) is 3. The first-order chi connectivity index (χ1) is 8.56. The van der Waals surface area contributed by atoms with Crippen LogP contribution in [0.3, 0.4) is 0 Å². The Morgan fingerprint density at radius 3 is 2.61 bits per heavy atom. The fraction of sp³-hybridized carbons (Fsp3) is 0.929. The molecule has 4 nitrogen and oxygen atoms in total. The standard InChI is InChI=1S/C14H26O4/c1-2-3-4-5-11(15)8-6-10-7-9-12(16)13(10)14(17)18/h10-13,15-16H,2-9H2,1H3,(H,17,18). The first-order valence-electron chi connectivity index (χ1n) is 7.15. The van der Waals surface area contributed by atoms with Crippen LogP contribution in [0.15, 0.2) is 0 Å². The Bertz CT molecular complexity index is 254. The van der Waals surface area contributed by atoms with Gasteiger partial charge in [0.25, 0.3) is 0 Å². The molecular weight excluding hydrogens is 232 g/mol. The van der Waals surface area contributed by atoms with Crippen LogP contribution < -0.4 is 0 Å². The molecule has 4 heteroatoms. The van der Waals surface area contributed by atoms with Crippen LogP contribution in [0.5, 0.6) is 0 Å². The van der Waals surface area contributed by atoms with Crippen LogP contribution in [0.4, 0.5) is 0 Å². The van der Waals surface area contributed by atoms with E-state index in [-0.39, 0.29) is 12.0 Å². The van der Waals surface area contributed by atoms with Gasteiger partial charge >= 0.3 is 5.97 Å². The van der Waals surface area contributed by atoms with Gasteiger partial charge in [0.2, 0.25) is 0 Å². The Hall–Kier alpha value is -0.610. The zero-order valence-electron chi connectivity index (χ0n) is 11.2. The lowest BCUT2D eigenvalue weighted by Gasteiger charge is -2.19. The summed E-state index contributed by atoms with van der Waals surface area (Å²) in [7, 11) is 0. The van der Waals surface area contributed by atoms with Gasteiger partial charge in [0.05, 0.1) is 18.1 Å². The summed E-state index contributed by atoms with van der Waals surface area (Å²) in [5.74, 6) is -1.50. The van der Waals surface area contributed by atoms with Crippen molar-refractivity contribution in [1.29, 1.82) is 0 Å². The van der Waals surface area contributed by atoms with Crippen molar-refractivity contribution in [3.8, 4) is 0 Å². The van der Waals surface area contributed by atoms with E-state index in [2.05, 4.69) is 6.92 Å². The van der Waals surface area contributed by atoms with Crippen molar-refractivity contribution in [3.63, 3.8) is 0 Å². The van der Waals surface area contributed by atoms with E-state index < -0.39 is 18.0 Å². The highest BCUT2D eigenvalue weighted by molar-refractivity contribution is 5.71. The van der Waals surface area contributed by atoms with E-state index in [0.29, 0.717) is 19.3 Å². The van der Waals surface area contributed by atoms with Crippen molar-refractivity contribution < 1.29 is 20.1 Å². The lowest BCUT2D eigenvalue weighted by atomic mass is 9.89. The van der Waals surface area contributed by atoms with Crippen LogP contribution in [0.2, 0.25) is 0 Å². The van der Waals surface area contributed by atoms with Gasteiger partial charge in [-0.25, -0.2) is 0 Å². The smallest absolute Gasteiger partial charge is 0.309 e. The van der Waals surface area contributed by atoms with Crippen LogP contribution >= 0.6 is 0 Å². The number of hydrogen-bond donors (Lipinski definition) is 3. The minimum atomic E-state index is -0.898. The molecule has 0 aromatic heterocycles. The molecule has 1 fully saturated rings. The van der Waals surface area contributed by atoms with Crippen LogP contribution in [0.1, 0.15) is 58.3 Å². The number of rotatable bonds is 8. The molecule has 0 amide bonds. The minimum Gasteiger partial charge on any atom is -0.481 e. The van der Waals surface area contributed by atoms with Gasteiger partial charge in [0, 0.05) is 0 Å². The van der Waals surface area contributed by atoms with Crippen LogP contribution in [-0.2, 0) is 4.79 Å². The molecule has 1 aliphatic rings. The molecule has 0 radical (unpaired) electrons. The van der Waals surface area contributed by atoms with E-state index in [1.807, 2.05) is 0 Å². The van der Waals surface area contributed by atoms with Gasteiger partial charge in [-0.15, -0.1) is 0 Å². The van der Waals surface area contributed by atoms with Gasteiger partial charge in [-0.1, -0.05) is 26.2 Å². The molecule has 1 saturated carbocycles. The molecule has 18 heavy (non-hydrogen) atoms. The number of aliphatic hydroxyl groups is 2. The average molecular weight is 258 g/mol. The summed E-state index contributed by atoms with van der Waals surface area (Å²) in [6.07, 6.45) is 5.81. The number of unbranched alkanes of at least 4 members (excludes halogenated alkanes) is 2. The van der Waals surface area contributed by atoms with Crippen molar-refractivity contribution in [2.45, 2.75) is 70.5 Å². The third kappa shape index (κ3) is 4.58. The fourth-order valence-corrected chi connectivity index (χ4v) is 2.93. The summed E-state index contributed by atoms with van der Waals surface area (Å²) < 4.78 is 0. The van der Waals surface area contributed by atoms with Gasteiger partial charge in [-0.3, -0.25) is 4.79 Å². The van der Waals surface area contributed by atoms with Crippen LogP contribution in [0.25, 0.3) is 0 Å². The van der Waals surface area contributed by atoms with Crippen molar-refractivity contribution in [2.24, 2.45) is 11.8 Å². The number of carbonyl (C=O) groups is 1. The maximum absolute atomic E-state index is 11.1. The van der Waals surface area contributed by atoms with E-state index in [9.17, 15) is 15.0 Å². The Kier molecular flexibility index (Phi) is 6.65. The summed E-state index contributed by atoms with van der Waals surface area (Å²) >= 11 is 0. The monoisotopic (exact) mass is 258 g/mol. The van der Waals surface area contributed by atoms with E-state index in [1.54, 1.807) is 0 Å². The first-order valence-corrected chi connectivity index (χ1v) is 7.15. The maximum Gasteiger partial charge on any atom is 0.309 e. The van der Waals surface area contributed by atoms with Crippen molar-refractivity contribution in [3.05, 3.63) is 0 Å². The van der Waals surface area contributed by atoms with E-state index in [4.69, 9.17) is 5.11 Å². The summed E-state index contributed by atoms with van der Waals surface area (Å²) in [5, 5.41) is 28.5. The Labute approximate surface area is 109 Å². The first kappa shape index (κ1) is 15.4. The zero-order valence-corrected chi connectivity index (χ0v) is 11.2. The summed E-state index contributed by atoms with van der Waals surface area (Å²) in [6, 6.07) is 0. The highest BCUT2D eigenvalue weighted by Gasteiger charge is 2.39. The fourth-order valence-electron chi connectivity index (χ4n) is 2.93. The zero-order chi connectivity index (χ0) is 13.5. The third-order valence-electron chi connectivity index (χ3n) is 4.05. The Morgan fingerprint density at radius 1 is 1.28 bits per heavy atom. The van der Waals surface area contributed by atoms with Gasteiger partial charge in [-0.2, -0.15) is 0 Å². The molecule has 0 heterocycles. The molecule has 1 rings (SSSR count). The van der Waals surface area contributed by atoms with Crippen molar-refractivity contribution in [2.75, 3.05) is 0 Å². The highest BCUT2D eigenvalue weighted by Crippen LogP contribution is 2.36. The largest absolute Gasteiger partial charge is 0.481 e. The summed E-state index contributed by atoms with van der Waals surface area (Å²) in [4.78, 5) is 11.1. The van der Waals surface area contributed by atoms with E-state index >= 15 is 0 Å². The van der Waals surface area contributed by atoms with Crippen LogP contribution in [-0.4, -0.2) is 33.5 Å². The molecule has 0 aliphatic heterocycles. The average Bonchev–Trinajstić information content (AvgIpc) is 2.68. The molecule has 0 spiro atoms. The number of aliphatic hydroxyl groups excluding tert-OH is 2. The normalized spacial score (nSPS) is 29.4. The number of carboxylic acid groups (broad SMARTS) is 1. The molecule has 106 valence electrons. The maximum atomic E-state index is 11.1. The van der Waals surface area contributed by atoms with Crippen LogP contribution in [0, 0.1) is 11.8 Å². The van der Waals surface area contributed by atoms with Gasteiger partial charge in [0.15, 0.2) is 0 Å². The second kappa shape index (κ2) is 7.74. The summed E-state index contributed by atoms with van der Waals surface area (Å²) in [5.41, 5.74) is 0. The number of carboxylic acids is 1. The quantitative estimate of drug-likeness (QED) is 0.583. The molecule has 3 N–H and O–H groups in total. The van der Waals surface area contributed by atoms with Gasteiger partial charge in [-0.05, 0) is 38.0 Å². The number of aliphatic carboxylic acids is 1. The molecule has 0 aromatic carbocycles. The molecule has 0 bridgehead atoms. The summed E-state index contributed by atoms with van der Waals surface area (Å²) in [6.45, 7) is 2.13. The molecular formula is C14H26O4. The predicted molar refractivity (Wildman–Crippen MR) is 69.2 cm³/mol. The molecule has 0 saturated heterocycles. The van der Waals surface area contributed by atoms with Crippen molar-refractivity contribution in [1.82, 2.24) is 0 Å². The lowest BCUT2D eigenvalue weighted by Crippen LogP contribution is -2.28. The second-order valence-corrected chi connectivity index (χ2v) is 5.50. The minimum absolute atomic E-state index is 0.0262. The molecule has 1 aliphatic carbocycles. The van der Waals surface area contributed by atoms with E-state index in [1.165, 1.54) is 0 Å². The highest BCUT2D eigenvalue weighted by atomic mass is 16.4. The molecule has 4 unspecified atom stereocenters. The Balaban J connectivity index is 2.27. The predicted octanol–water partition coefficient (Wildman–Crippen LogP) is 2.18.